The molecule has 0 fully saturated rings. The molecule has 171 valence electrons. The summed E-state index contributed by atoms with van der Waals surface area (Å²) in [7, 11) is 0. The molecule has 0 nitrogen and oxygen atoms in total. The Kier molecular flexibility index (Phi) is 10.7. The second kappa shape index (κ2) is 10.8. The van der Waals surface area contributed by atoms with Crippen LogP contribution in [-0.2, 0) is 0 Å². The molecule has 0 aromatic carbocycles. The average Bonchev–Trinajstić information content (AvgIpc) is 2.99. The molecule has 0 bridgehead atoms. The van der Waals surface area contributed by atoms with Crippen LogP contribution in [0.5, 0.6) is 0 Å². The van der Waals surface area contributed by atoms with Crippen LogP contribution >= 0.6 is 0 Å². The second-order valence-corrected chi connectivity index (χ2v) is 10.9. The van der Waals surface area contributed by atoms with Gasteiger partial charge in [0.05, 0.1) is 0 Å². The van der Waals surface area contributed by atoms with E-state index in [1.165, 1.54) is 50.2 Å². The van der Waals surface area contributed by atoms with Gasteiger partial charge in [-0.05, 0) is 0 Å². The second-order valence-electron chi connectivity index (χ2n) is 10.9. The van der Waals surface area contributed by atoms with Crippen molar-refractivity contribution in [3.63, 3.8) is 0 Å². The Bertz CT molecular complexity index is 768. The Morgan fingerprint density at radius 2 is 0.548 bits per heavy atom. The van der Waals surface area contributed by atoms with E-state index in [2.05, 4.69) is 122 Å². The van der Waals surface area contributed by atoms with Crippen molar-refractivity contribution in [1.29, 1.82) is 0 Å². The fourth-order valence-electron chi connectivity index (χ4n) is 4.22. The first-order valence-electron chi connectivity index (χ1n) is 11.2. The summed E-state index contributed by atoms with van der Waals surface area (Å²) in [4.78, 5) is 0. The van der Waals surface area contributed by atoms with Crippen LogP contribution in [0, 0.1) is 74.9 Å². The molecule has 0 unspecified atom stereocenters. The Labute approximate surface area is 227 Å². The Morgan fingerprint density at radius 3 is 0.581 bits per heavy atom. The molecule has 1 heteroatoms. The zero-order chi connectivity index (χ0) is 23.8. The number of hydrogen-bond donors (Lipinski definition) is 0. The van der Waals surface area contributed by atoms with Crippen LogP contribution < -0.4 is 0 Å². The van der Waals surface area contributed by atoms with E-state index in [4.69, 9.17) is 0 Å². The molecule has 0 aromatic rings. The molecule has 3 aliphatic rings. The maximum Gasteiger partial charge on any atom is 3.00 e. The molecule has 3 aliphatic carbocycles. The van der Waals surface area contributed by atoms with Crippen LogP contribution in [0.25, 0.3) is 0 Å². The van der Waals surface area contributed by atoms with Gasteiger partial charge < -0.3 is 0 Å². The monoisotopic (exact) mass is 557 g/mol. The van der Waals surface area contributed by atoms with Crippen molar-refractivity contribution in [2.24, 2.45) is 16.2 Å². The van der Waals surface area contributed by atoms with Crippen LogP contribution in [0.4, 0.5) is 0 Å². The zero-order valence-corrected chi connectivity index (χ0v) is 25.5. The maximum atomic E-state index is 3.44. The number of allylic oxidation sites excluding steroid dienone is 12. The molecule has 1 radical (unpaired) electrons. The summed E-state index contributed by atoms with van der Waals surface area (Å²) < 4.78 is 0. The standard InChI is InChI=1S/3C10H15.Sm/c3*1-7-6-10(4,5)9(3)8(7)2;/h3*1-5H3;/q3*-1;+3. The van der Waals surface area contributed by atoms with E-state index in [1.54, 1.807) is 0 Å². The van der Waals surface area contributed by atoms with E-state index in [0.717, 1.165) is 0 Å². The van der Waals surface area contributed by atoms with Crippen LogP contribution in [0.1, 0.15) is 104 Å². The summed E-state index contributed by atoms with van der Waals surface area (Å²) in [5.41, 5.74) is 13.2. The molecule has 31 heavy (non-hydrogen) atoms. The third-order valence-corrected chi connectivity index (χ3v) is 7.69. The Balaban J connectivity index is 0.000000429. The molecule has 0 amide bonds. The van der Waals surface area contributed by atoms with E-state index in [-0.39, 0.29) is 56.6 Å². The maximum absolute atomic E-state index is 3.44. The van der Waals surface area contributed by atoms with Gasteiger partial charge in [0, 0.05) is 0 Å². The van der Waals surface area contributed by atoms with Crippen molar-refractivity contribution >= 4 is 0 Å². The summed E-state index contributed by atoms with van der Waals surface area (Å²) in [6, 6.07) is 0. The van der Waals surface area contributed by atoms with Gasteiger partial charge in [-0.25, -0.2) is 16.7 Å². The fraction of sp³-hybridized carbons (Fsp3) is 0.600. The van der Waals surface area contributed by atoms with Gasteiger partial charge in [0.1, 0.15) is 0 Å². The van der Waals surface area contributed by atoms with Crippen LogP contribution in [0.2, 0.25) is 0 Å². The van der Waals surface area contributed by atoms with E-state index in [0.29, 0.717) is 0 Å². The van der Waals surface area contributed by atoms with Crippen LogP contribution in [-0.4, -0.2) is 0 Å². The van der Waals surface area contributed by atoms with Gasteiger partial charge >= 0.3 is 40.4 Å². The van der Waals surface area contributed by atoms with Gasteiger partial charge in [-0.15, -0.1) is 20.8 Å². The van der Waals surface area contributed by atoms with Crippen molar-refractivity contribution in [3.05, 3.63) is 68.4 Å². The summed E-state index contributed by atoms with van der Waals surface area (Å²) in [5.74, 6) is 0. The third kappa shape index (κ3) is 7.13. The molecular formula is C30H45Sm. The predicted molar refractivity (Wildman–Crippen MR) is 134 cm³/mol. The number of hydrogen-bond acceptors (Lipinski definition) is 0. The summed E-state index contributed by atoms with van der Waals surface area (Å²) >= 11 is 0. The molecule has 0 spiro atoms. The molecule has 0 N–H and O–H groups in total. The predicted octanol–water partition coefficient (Wildman–Crippen LogP) is 9.34. The Hall–Kier alpha value is -0.222. The molecule has 0 aliphatic heterocycles. The topological polar surface area (TPSA) is 0 Å². The van der Waals surface area contributed by atoms with E-state index >= 15 is 0 Å². The zero-order valence-electron chi connectivity index (χ0n) is 22.9. The first-order valence-corrected chi connectivity index (χ1v) is 11.2. The van der Waals surface area contributed by atoms with Gasteiger partial charge in [0.15, 0.2) is 0 Å². The molecule has 0 aromatic heterocycles. The van der Waals surface area contributed by atoms with Crippen LogP contribution in [0.15, 0.2) is 50.2 Å². The van der Waals surface area contributed by atoms with Gasteiger partial charge in [-0.3, -0.25) is 18.2 Å². The molecule has 0 atom stereocenters. The third-order valence-electron chi connectivity index (χ3n) is 7.69. The minimum absolute atomic E-state index is 0. The minimum Gasteiger partial charge on any atom is -0.263 e. The molecular weight excluding hydrogens is 511 g/mol. The SMILES string of the molecule is CC1=[C-]C(C)(C)C(C)=C1C.CC1=[C-]C(C)(C)C(C)=C1C.CC1=[C-]C(C)(C)C(C)=C1C.[Sm+3]. The van der Waals surface area contributed by atoms with E-state index in [9.17, 15) is 0 Å². The minimum atomic E-state index is 0. The first kappa shape index (κ1) is 30.8. The first-order chi connectivity index (χ1) is 13.3. The summed E-state index contributed by atoms with van der Waals surface area (Å²) in [6.45, 7) is 32.8. The molecule has 0 saturated carbocycles. The van der Waals surface area contributed by atoms with Gasteiger partial charge in [0.25, 0.3) is 0 Å². The Morgan fingerprint density at radius 1 is 0.387 bits per heavy atom. The van der Waals surface area contributed by atoms with Crippen molar-refractivity contribution in [2.75, 3.05) is 0 Å². The summed E-state index contributed by atoms with van der Waals surface area (Å²) in [5, 5.41) is 0. The van der Waals surface area contributed by atoms with Crippen molar-refractivity contribution in [3.8, 4) is 0 Å². The van der Waals surface area contributed by atoms with Gasteiger partial charge in [-0.2, -0.15) is 33.4 Å². The van der Waals surface area contributed by atoms with Crippen molar-refractivity contribution in [2.45, 2.75) is 104 Å². The van der Waals surface area contributed by atoms with Crippen molar-refractivity contribution < 1.29 is 40.4 Å². The van der Waals surface area contributed by atoms with Crippen LogP contribution in [0.3, 0.4) is 0 Å². The van der Waals surface area contributed by atoms with Gasteiger partial charge in [-0.1, -0.05) is 99.3 Å². The number of rotatable bonds is 0. The smallest absolute Gasteiger partial charge is 0.263 e. The van der Waals surface area contributed by atoms with E-state index < -0.39 is 0 Å². The molecule has 0 saturated heterocycles. The quantitative estimate of drug-likeness (QED) is 0.261. The average molecular weight is 556 g/mol. The van der Waals surface area contributed by atoms with Gasteiger partial charge in [0.2, 0.25) is 0 Å². The molecule has 0 heterocycles. The summed E-state index contributed by atoms with van der Waals surface area (Å²) in [6.07, 6.45) is 10.3. The normalized spacial score (nSPS) is 22.7. The van der Waals surface area contributed by atoms with Crippen molar-refractivity contribution in [1.82, 2.24) is 0 Å². The van der Waals surface area contributed by atoms with E-state index in [1.807, 2.05) is 0 Å². The fourth-order valence-corrected chi connectivity index (χ4v) is 4.22. The largest absolute Gasteiger partial charge is 3.00 e. The molecule has 3 rings (SSSR count).